The maximum Gasteiger partial charge on any atom is 0.303 e. The topological polar surface area (TPSA) is 125 Å². The summed E-state index contributed by atoms with van der Waals surface area (Å²) in [5.74, 6) is -1.24. The Morgan fingerprint density at radius 2 is 1.73 bits per heavy atom. The standard InChI is InChI=1S/C13H17N3O5S/c1-9(3-8-13(18)19)15-16-22(20,21)12-6-4-11(5-7-12)14-10(2)17/h4-7,16H,3,8H2,1-2H3,(H,14,17)(H,18,19)/b15-9+. The first-order chi connectivity index (χ1) is 10.2. The first kappa shape index (κ1) is 17.6. The Morgan fingerprint density at radius 3 is 2.23 bits per heavy atom. The van der Waals surface area contributed by atoms with E-state index >= 15 is 0 Å². The molecule has 0 heterocycles. The third kappa shape index (κ3) is 5.92. The van der Waals surface area contributed by atoms with Gasteiger partial charge in [0.15, 0.2) is 0 Å². The summed E-state index contributed by atoms with van der Waals surface area (Å²) in [7, 11) is -3.84. The van der Waals surface area contributed by atoms with Crippen LogP contribution in [0.4, 0.5) is 5.69 Å². The number of nitrogens with one attached hydrogen (secondary N) is 2. The van der Waals surface area contributed by atoms with Crippen LogP contribution in [-0.4, -0.2) is 31.1 Å². The Morgan fingerprint density at radius 1 is 1.14 bits per heavy atom. The first-order valence-electron chi connectivity index (χ1n) is 6.35. The molecule has 1 aromatic carbocycles. The van der Waals surface area contributed by atoms with Gasteiger partial charge in [-0.2, -0.15) is 13.5 Å². The normalized spacial score (nSPS) is 11.8. The highest BCUT2D eigenvalue weighted by Crippen LogP contribution is 2.14. The summed E-state index contributed by atoms with van der Waals surface area (Å²) >= 11 is 0. The third-order valence-corrected chi connectivity index (χ3v) is 3.77. The van der Waals surface area contributed by atoms with E-state index in [4.69, 9.17) is 5.11 Å². The molecule has 1 amide bonds. The van der Waals surface area contributed by atoms with Gasteiger partial charge in [-0.1, -0.05) is 0 Å². The van der Waals surface area contributed by atoms with E-state index < -0.39 is 16.0 Å². The molecule has 0 saturated carbocycles. The molecule has 0 saturated heterocycles. The Labute approximate surface area is 128 Å². The molecule has 8 nitrogen and oxygen atoms in total. The monoisotopic (exact) mass is 327 g/mol. The van der Waals surface area contributed by atoms with Gasteiger partial charge in [-0.15, -0.1) is 0 Å². The zero-order valence-electron chi connectivity index (χ0n) is 12.2. The summed E-state index contributed by atoms with van der Waals surface area (Å²) in [5, 5.41) is 14.7. The number of amides is 1. The molecule has 0 bridgehead atoms. The average Bonchev–Trinajstić information content (AvgIpc) is 2.43. The van der Waals surface area contributed by atoms with Crippen molar-refractivity contribution in [2.75, 3.05) is 5.32 Å². The highest BCUT2D eigenvalue weighted by atomic mass is 32.2. The summed E-state index contributed by atoms with van der Waals surface area (Å²) in [6, 6.07) is 5.57. The molecule has 9 heteroatoms. The highest BCUT2D eigenvalue weighted by molar-refractivity contribution is 7.89. The van der Waals surface area contributed by atoms with Crippen LogP contribution in [0.1, 0.15) is 26.7 Å². The molecule has 0 unspecified atom stereocenters. The van der Waals surface area contributed by atoms with Gasteiger partial charge in [-0.3, -0.25) is 9.59 Å². The highest BCUT2D eigenvalue weighted by Gasteiger charge is 2.13. The van der Waals surface area contributed by atoms with Gasteiger partial charge in [-0.25, -0.2) is 4.83 Å². The fourth-order valence-corrected chi connectivity index (χ4v) is 2.33. The van der Waals surface area contributed by atoms with Gasteiger partial charge in [0, 0.05) is 18.3 Å². The van der Waals surface area contributed by atoms with Crippen molar-refractivity contribution in [3.05, 3.63) is 24.3 Å². The first-order valence-corrected chi connectivity index (χ1v) is 7.83. The van der Waals surface area contributed by atoms with E-state index in [1.54, 1.807) is 0 Å². The van der Waals surface area contributed by atoms with Crippen molar-refractivity contribution in [2.45, 2.75) is 31.6 Å². The SMILES string of the molecule is CC(=O)Nc1ccc(S(=O)(=O)N/N=C(\C)CCC(=O)O)cc1. The third-order valence-electron chi connectivity index (χ3n) is 2.54. The zero-order valence-corrected chi connectivity index (χ0v) is 13.0. The van der Waals surface area contributed by atoms with E-state index in [2.05, 4.69) is 10.4 Å². The lowest BCUT2D eigenvalue weighted by molar-refractivity contribution is -0.136. The number of hydrogen-bond acceptors (Lipinski definition) is 5. The number of anilines is 1. The van der Waals surface area contributed by atoms with Crippen molar-refractivity contribution in [3.8, 4) is 0 Å². The van der Waals surface area contributed by atoms with Crippen LogP contribution in [0, 0.1) is 0 Å². The summed E-state index contributed by atoms with van der Waals surface area (Å²) in [6.07, 6.45) is 0.0296. The number of aliphatic carboxylic acids is 1. The molecule has 1 aromatic rings. The van der Waals surface area contributed by atoms with Gasteiger partial charge < -0.3 is 10.4 Å². The van der Waals surface area contributed by atoms with Crippen molar-refractivity contribution in [1.29, 1.82) is 0 Å². The van der Waals surface area contributed by atoms with Crippen LogP contribution >= 0.6 is 0 Å². The molecule has 0 aliphatic rings. The summed E-state index contributed by atoms with van der Waals surface area (Å²) < 4.78 is 24.0. The van der Waals surface area contributed by atoms with Crippen LogP contribution in [0.25, 0.3) is 0 Å². The lowest BCUT2D eigenvalue weighted by Crippen LogP contribution is -2.20. The quantitative estimate of drug-likeness (QED) is 0.512. The number of rotatable bonds is 7. The minimum absolute atomic E-state index is 0.0172. The van der Waals surface area contributed by atoms with Crippen molar-refractivity contribution in [1.82, 2.24) is 4.83 Å². The smallest absolute Gasteiger partial charge is 0.303 e. The number of carbonyl (C=O) groups is 2. The molecular weight excluding hydrogens is 310 g/mol. The summed E-state index contributed by atoms with van der Waals surface area (Å²) in [6.45, 7) is 2.88. The number of hydrazone groups is 1. The maximum atomic E-state index is 12.0. The van der Waals surface area contributed by atoms with E-state index in [0.717, 1.165) is 0 Å². The fraction of sp³-hybridized carbons (Fsp3) is 0.308. The summed E-state index contributed by atoms with van der Waals surface area (Å²) in [5.41, 5.74) is 0.841. The summed E-state index contributed by atoms with van der Waals surface area (Å²) in [4.78, 5) is 23.3. The van der Waals surface area contributed by atoms with Crippen molar-refractivity contribution < 1.29 is 23.1 Å². The Balaban J connectivity index is 2.75. The van der Waals surface area contributed by atoms with Gasteiger partial charge in [0.05, 0.1) is 11.3 Å². The van der Waals surface area contributed by atoms with Crippen molar-refractivity contribution in [3.63, 3.8) is 0 Å². The molecule has 0 aromatic heterocycles. The van der Waals surface area contributed by atoms with Crippen LogP contribution < -0.4 is 10.1 Å². The molecule has 120 valence electrons. The van der Waals surface area contributed by atoms with Crippen molar-refractivity contribution >= 4 is 33.3 Å². The van der Waals surface area contributed by atoms with E-state index in [1.165, 1.54) is 38.1 Å². The molecule has 0 aliphatic heterocycles. The second kappa shape index (κ2) is 7.55. The molecule has 0 aliphatic carbocycles. The van der Waals surface area contributed by atoms with Crippen LogP contribution in [-0.2, 0) is 19.6 Å². The Hall–Kier alpha value is -2.42. The molecule has 0 spiro atoms. The minimum atomic E-state index is -3.84. The minimum Gasteiger partial charge on any atom is -0.481 e. The van der Waals surface area contributed by atoms with Gasteiger partial charge in [0.2, 0.25) is 5.91 Å². The Bertz CT molecular complexity index is 680. The molecular formula is C13H17N3O5S. The molecule has 0 fully saturated rings. The largest absolute Gasteiger partial charge is 0.481 e. The van der Waals surface area contributed by atoms with E-state index in [-0.39, 0.29) is 23.6 Å². The second-order valence-corrected chi connectivity index (χ2v) is 6.20. The van der Waals surface area contributed by atoms with Gasteiger partial charge in [0.25, 0.3) is 10.0 Å². The number of carboxylic acid groups (broad SMARTS) is 1. The fourth-order valence-electron chi connectivity index (χ4n) is 1.46. The molecule has 0 radical (unpaired) electrons. The van der Waals surface area contributed by atoms with Crippen molar-refractivity contribution in [2.24, 2.45) is 5.10 Å². The predicted octanol–water partition coefficient (Wildman–Crippen LogP) is 1.16. The molecule has 22 heavy (non-hydrogen) atoms. The number of carbonyl (C=O) groups excluding carboxylic acids is 1. The number of carboxylic acids is 1. The van der Waals surface area contributed by atoms with E-state index in [0.29, 0.717) is 11.4 Å². The number of hydrogen-bond donors (Lipinski definition) is 3. The Kier molecular flexibility index (Phi) is 6.05. The van der Waals surface area contributed by atoms with E-state index in [1.807, 2.05) is 4.83 Å². The zero-order chi connectivity index (χ0) is 16.8. The van der Waals surface area contributed by atoms with Crippen LogP contribution in [0.3, 0.4) is 0 Å². The molecule has 3 N–H and O–H groups in total. The number of nitrogens with zero attached hydrogens (tertiary/aromatic N) is 1. The maximum absolute atomic E-state index is 12.0. The van der Waals surface area contributed by atoms with Crippen LogP contribution in [0.2, 0.25) is 0 Å². The van der Waals surface area contributed by atoms with Crippen LogP contribution in [0.15, 0.2) is 34.3 Å². The molecule has 0 atom stereocenters. The predicted molar refractivity (Wildman–Crippen MR) is 81.0 cm³/mol. The second-order valence-electron chi connectivity index (χ2n) is 4.54. The number of benzene rings is 1. The lowest BCUT2D eigenvalue weighted by Gasteiger charge is -2.06. The van der Waals surface area contributed by atoms with Gasteiger partial charge >= 0.3 is 5.97 Å². The lowest BCUT2D eigenvalue weighted by atomic mass is 10.2. The van der Waals surface area contributed by atoms with Gasteiger partial charge in [0.1, 0.15) is 0 Å². The average molecular weight is 327 g/mol. The number of sulfonamides is 1. The van der Waals surface area contributed by atoms with E-state index in [9.17, 15) is 18.0 Å². The molecule has 1 rings (SSSR count). The van der Waals surface area contributed by atoms with Crippen LogP contribution in [0.5, 0.6) is 0 Å². The van der Waals surface area contributed by atoms with Gasteiger partial charge in [-0.05, 0) is 37.6 Å².